The molecular formula is C25H27N3O2. The van der Waals surface area contributed by atoms with Gasteiger partial charge in [0.15, 0.2) is 0 Å². The first-order valence-electron chi connectivity index (χ1n) is 10.4. The smallest absolute Gasteiger partial charge is 0.224 e. The third-order valence-corrected chi connectivity index (χ3v) is 5.56. The minimum atomic E-state index is 0.00261. The number of hydrogen-bond acceptors (Lipinski definition) is 4. The minimum Gasteiger partial charge on any atom is -0.496 e. The molecule has 1 amide bonds. The summed E-state index contributed by atoms with van der Waals surface area (Å²) in [6.07, 6.45) is 5.66. The Morgan fingerprint density at radius 1 is 1.10 bits per heavy atom. The Labute approximate surface area is 177 Å². The number of carbonyl (C=O) groups is 1. The molecule has 0 unspecified atom stereocenters. The van der Waals surface area contributed by atoms with E-state index in [1.807, 2.05) is 36.5 Å². The van der Waals surface area contributed by atoms with Crippen LogP contribution in [0.2, 0.25) is 0 Å². The van der Waals surface area contributed by atoms with Gasteiger partial charge in [0, 0.05) is 32.3 Å². The lowest BCUT2D eigenvalue weighted by Crippen LogP contribution is -2.31. The van der Waals surface area contributed by atoms with Crippen LogP contribution in [0.5, 0.6) is 5.75 Å². The molecule has 2 heterocycles. The van der Waals surface area contributed by atoms with Gasteiger partial charge in [0.05, 0.1) is 19.0 Å². The van der Waals surface area contributed by atoms with E-state index in [4.69, 9.17) is 4.74 Å². The maximum absolute atomic E-state index is 12.6. The average Bonchev–Trinajstić information content (AvgIpc) is 2.78. The highest BCUT2D eigenvalue weighted by Gasteiger charge is 2.20. The second kappa shape index (κ2) is 9.55. The third-order valence-electron chi connectivity index (χ3n) is 5.56. The van der Waals surface area contributed by atoms with Crippen molar-refractivity contribution in [2.45, 2.75) is 32.4 Å². The molecule has 0 spiro atoms. The second-order valence-electron chi connectivity index (χ2n) is 7.63. The number of carbonyl (C=O) groups excluding carboxylic acids is 1. The van der Waals surface area contributed by atoms with Crippen LogP contribution >= 0.6 is 0 Å². The van der Waals surface area contributed by atoms with E-state index in [2.05, 4.69) is 39.5 Å². The van der Waals surface area contributed by atoms with E-state index < -0.39 is 0 Å². The fraction of sp³-hybridized carbons (Fsp3) is 0.280. The molecular weight excluding hydrogens is 374 g/mol. The largest absolute Gasteiger partial charge is 0.496 e. The number of aryl methyl sites for hydroxylation is 1. The van der Waals surface area contributed by atoms with Gasteiger partial charge in [-0.1, -0.05) is 48.5 Å². The summed E-state index contributed by atoms with van der Waals surface area (Å²) < 4.78 is 5.38. The molecule has 1 N–H and O–H groups in total. The number of amides is 1. The molecule has 0 aliphatic carbocycles. The number of rotatable bonds is 7. The van der Waals surface area contributed by atoms with E-state index in [1.54, 1.807) is 13.3 Å². The molecule has 1 aliphatic heterocycles. The monoisotopic (exact) mass is 401 g/mol. The highest BCUT2D eigenvalue weighted by Crippen LogP contribution is 2.26. The van der Waals surface area contributed by atoms with E-state index in [0.717, 1.165) is 43.1 Å². The van der Waals surface area contributed by atoms with Crippen molar-refractivity contribution in [1.29, 1.82) is 0 Å². The summed E-state index contributed by atoms with van der Waals surface area (Å²) in [5.41, 5.74) is 5.60. The Bertz CT molecular complexity index is 1000. The second-order valence-corrected chi connectivity index (χ2v) is 7.63. The Hall–Kier alpha value is -3.18. The topological polar surface area (TPSA) is 54.5 Å². The van der Waals surface area contributed by atoms with Crippen LogP contribution in [-0.4, -0.2) is 29.4 Å². The summed E-state index contributed by atoms with van der Waals surface area (Å²) in [6, 6.07) is 18.3. The van der Waals surface area contributed by atoms with Crippen LogP contribution < -0.4 is 10.1 Å². The molecule has 1 aromatic heterocycles. The van der Waals surface area contributed by atoms with Crippen molar-refractivity contribution >= 4 is 11.6 Å². The van der Waals surface area contributed by atoms with Gasteiger partial charge >= 0.3 is 0 Å². The maximum Gasteiger partial charge on any atom is 0.224 e. The lowest BCUT2D eigenvalue weighted by Gasteiger charge is -2.29. The molecule has 0 saturated carbocycles. The van der Waals surface area contributed by atoms with Gasteiger partial charge in [0.25, 0.3) is 0 Å². The number of anilines is 1. The molecule has 30 heavy (non-hydrogen) atoms. The molecule has 0 radical (unpaired) electrons. The van der Waals surface area contributed by atoms with Gasteiger partial charge in [0.2, 0.25) is 5.91 Å². The van der Waals surface area contributed by atoms with Gasteiger partial charge < -0.3 is 10.1 Å². The van der Waals surface area contributed by atoms with Gasteiger partial charge in [-0.25, -0.2) is 0 Å². The number of nitrogens with one attached hydrogen (secondary N) is 1. The number of pyridine rings is 1. The van der Waals surface area contributed by atoms with Gasteiger partial charge in [-0.15, -0.1) is 0 Å². The highest BCUT2D eigenvalue weighted by atomic mass is 16.5. The predicted molar refractivity (Wildman–Crippen MR) is 118 cm³/mol. The summed E-state index contributed by atoms with van der Waals surface area (Å²) in [5.74, 6) is 0.824. The molecule has 0 bridgehead atoms. The Morgan fingerprint density at radius 2 is 1.90 bits per heavy atom. The van der Waals surface area contributed by atoms with Crippen LogP contribution in [-0.2, 0) is 30.7 Å². The number of benzene rings is 2. The summed E-state index contributed by atoms with van der Waals surface area (Å²) >= 11 is 0. The van der Waals surface area contributed by atoms with Crippen molar-refractivity contribution in [1.82, 2.24) is 9.88 Å². The average molecular weight is 402 g/mol. The van der Waals surface area contributed by atoms with E-state index >= 15 is 0 Å². The first kappa shape index (κ1) is 20.1. The van der Waals surface area contributed by atoms with Gasteiger partial charge in [-0.3, -0.25) is 14.7 Å². The number of methoxy groups -OCH3 is 1. The predicted octanol–water partition coefficient (Wildman–Crippen LogP) is 4.22. The summed E-state index contributed by atoms with van der Waals surface area (Å²) in [5, 5.41) is 3.08. The SMILES string of the molecule is COc1ccccc1CCC(=O)Nc1cncc2c1CCN(Cc1ccccc1)C2. The lowest BCUT2D eigenvalue weighted by atomic mass is 9.99. The Morgan fingerprint density at radius 3 is 2.73 bits per heavy atom. The van der Waals surface area contributed by atoms with Crippen molar-refractivity contribution in [3.63, 3.8) is 0 Å². The fourth-order valence-corrected chi connectivity index (χ4v) is 4.01. The number of aromatic nitrogens is 1. The highest BCUT2D eigenvalue weighted by molar-refractivity contribution is 5.91. The normalized spacial score (nSPS) is 13.5. The van der Waals surface area contributed by atoms with Crippen LogP contribution in [0.15, 0.2) is 67.0 Å². The van der Waals surface area contributed by atoms with E-state index in [-0.39, 0.29) is 5.91 Å². The number of para-hydroxylation sites is 1. The van der Waals surface area contributed by atoms with Crippen molar-refractivity contribution < 1.29 is 9.53 Å². The van der Waals surface area contributed by atoms with Crippen LogP contribution in [0.25, 0.3) is 0 Å². The van der Waals surface area contributed by atoms with Crippen LogP contribution in [0.4, 0.5) is 5.69 Å². The first-order valence-corrected chi connectivity index (χ1v) is 10.4. The number of fused-ring (bicyclic) bond motifs is 1. The molecule has 0 atom stereocenters. The van der Waals surface area contributed by atoms with Crippen LogP contribution in [0.3, 0.4) is 0 Å². The molecule has 0 fully saturated rings. The molecule has 0 saturated heterocycles. The zero-order valence-electron chi connectivity index (χ0n) is 17.3. The van der Waals surface area contributed by atoms with E-state index in [0.29, 0.717) is 12.8 Å². The molecule has 5 heteroatoms. The van der Waals surface area contributed by atoms with Crippen molar-refractivity contribution in [2.75, 3.05) is 19.0 Å². The summed E-state index contributed by atoms with van der Waals surface area (Å²) in [6.45, 7) is 2.74. The van der Waals surface area contributed by atoms with Crippen LogP contribution in [0, 0.1) is 0 Å². The maximum atomic E-state index is 12.6. The van der Waals surface area contributed by atoms with Crippen molar-refractivity contribution in [3.05, 3.63) is 89.2 Å². The standard InChI is InChI=1S/C25H27N3O2/c1-30-24-10-6-5-9-20(24)11-12-25(29)27-23-16-26-15-21-18-28(14-13-22(21)23)17-19-7-3-2-4-8-19/h2-10,15-16H,11-14,17-18H2,1H3,(H,27,29). The zero-order chi connectivity index (χ0) is 20.8. The van der Waals surface area contributed by atoms with Crippen LogP contribution in [0.1, 0.15) is 28.7 Å². The minimum absolute atomic E-state index is 0.00261. The van der Waals surface area contributed by atoms with E-state index in [9.17, 15) is 4.79 Å². The fourth-order valence-electron chi connectivity index (χ4n) is 4.01. The van der Waals surface area contributed by atoms with Gasteiger partial charge in [-0.05, 0) is 41.2 Å². The summed E-state index contributed by atoms with van der Waals surface area (Å²) in [4.78, 5) is 19.4. The summed E-state index contributed by atoms with van der Waals surface area (Å²) in [7, 11) is 1.65. The Kier molecular flexibility index (Phi) is 6.40. The Balaban J connectivity index is 1.38. The van der Waals surface area contributed by atoms with E-state index in [1.165, 1.54) is 16.7 Å². The molecule has 154 valence electrons. The zero-order valence-corrected chi connectivity index (χ0v) is 17.3. The molecule has 2 aromatic carbocycles. The number of hydrogen-bond donors (Lipinski definition) is 1. The quantitative estimate of drug-likeness (QED) is 0.644. The lowest BCUT2D eigenvalue weighted by molar-refractivity contribution is -0.116. The van der Waals surface area contributed by atoms with Crippen molar-refractivity contribution in [3.8, 4) is 5.75 Å². The number of ether oxygens (including phenoxy) is 1. The molecule has 1 aliphatic rings. The third kappa shape index (κ3) is 4.86. The molecule has 4 rings (SSSR count). The molecule has 5 nitrogen and oxygen atoms in total. The van der Waals surface area contributed by atoms with Crippen molar-refractivity contribution in [2.24, 2.45) is 0 Å². The first-order chi connectivity index (χ1) is 14.7. The van der Waals surface area contributed by atoms with Gasteiger partial charge in [-0.2, -0.15) is 0 Å². The number of nitrogens with zero attached hydrogens (tertiary/aromatic N) is 2. The molecule has 3 aromatic rings. The van der Waals surface area contributed by atoms with Gasteiger partial charge in [0.1, 0.15) is 5.75 Å².